The molecule has 2 aromatic carbocycles. The van der Waals surface area contributed by atoms with Crippen molar-refractivity contribution in [3.05, 3.63) is 35.1 Å². The van der Waals surface area contributed by atoms with Crippen molar-refractivity contribution >= 4 is 26.1 Å². The van der Waals surface area contributed by atoms with Crippen LogP contribution in [0, 0.1) is 36.7 Å². The van der Waals surface area contributed by atoms with E-state index in [1.54, 1.807) is 0 Å². The second kappa shape index (κ2) is 6.95. The van der Waals surface area contributed by atoms with Crippen LogP contribution in [0.5, 0.6) is 11.5 Å². The molecule has 0 saturated carbocycles. The van der Waals surface area contributed by atoms with Crippen LogP contribution in [-0.2, 0) is 4.79 Å². The quantitative estimate of drug-likeness (QED) is 0.361. The molecule has 0 radical (unpaired) electrons. The second-order valence-electron chi connectivity index (χ2n) is 5.77. The molecule has 28 heavy (non-hydrogen) atoms. The molecule has 146 valence electrons. The number of amides is 1. The van der Waals surface area contributed by atoms with Crippen LogP contribution in [0.25, 0.3) is 11.1 Å². The van der Waals surface area contributed by atoms with Crippen molar-refractivity contribution in [3.8, 4) is 35.0 Å². The van der Waals surface area contributed by atoms with Crippen molar-refractivity contribution in [2.24, 2.45) is 0 Å². The van der Waals surface area contributed by atoms with Crippen molar-refractivity contribution < 1.29 is 36.2 Å². The molecule has 1 unspecified atom stereocenters. The highest BCUT2D eigenvalue weighted by Crippen LogP contribution is 2.41. The summed E-state index contributed by atoms with van der Waals surface area (Å²) in [6.07, 6.45) is 0.905. The van der Waals surface area contributed by atoms with Gasteiger partial charge in [-0.3, -0.25) is 4.79 Å². The highest BCUT2D eigenvalue weighted by Gasteiger charge is 2.46. The third kappa shape index (κ3) is 3.14. The number of hydrogen-bond donors (Lipinski definition) is 1. The second-order valence-corrected chi connectivity index (χ2v) is 6.39. The molecule has 3 rings (SSSR count). The van der Waals surface area contributed by atoms with E-state index in [0.717, 1.165) is 12.1 Å². The normalized spacial score (nSPS) is 14.6. The Hall–Kier alpha value is -2.85. The first kappa shape index (κ1) is 19.9. The maximum atomic E-state index is 14.8. The lowest BCUT2D eigenvalue weighted by atomic mass is 9.99. The molecular formula is C18H11F5NO3P. The SMILES string of the molecule is C#CCOc1c(C)c(F)c(-c2cc3c(cc2P)OC(F)(F)C(=O)N3)c(F)c1F. The van der Waals surface area contributed by atoms with Crippen LogP contribution in [0.4, 0.5) is 27.6 Å². The first-order chi connectivity index (χ1) is 13.1. The lowest BCUT2D eigenvalue weighted by Gasteiger charge is -2.26. The molecule has 0 bridgehead atoms. The molecule has 0 aliphatic carbocycles. The molecule has 10 heteroatoms. The average molecular weight is 415 g/mol. The number of terminal acetylenes is 1. The Morgan fingerprint density at radius 1 is 1.25 bits per heavy atom. The number of benzene rings is 2. The molecule has 1 aliphatic rings. The third-order valence-electron chi connectivity index (χ3n) is 3.97. The van der Waals surface area contributed by atoms with Gasteiger partial charge in [0.1, 0.15) is 12.4 Å². The largest absolute Gasteiger partial charge is 0.482 e. The minimum atomic E-state index is -4.10. The summed E-state index contributed by atoms with van der Waals surface area (Å²) in [6.45, 7) is 0.765. The fourth-order valence-electron chi connectivity index (χ4n) is 2.65. The molecule has 2 aromatic rings. The Morgan fingerprint density at radius 2 is 1.93 bits per heavy atom. The summed E-state index contributed by atoms with van der Waals surface area (Å²) >= 11 is 0. The maximum Gasteiger partial charge on any atom is 0.482 e. The van der Waals surface area contributed by atoms with E-state index < -0.39 is 53.1 Å². The highest BCUT2D eigenvalue weighted by atomic mass is 31.0. The van der Waals surface area contributed by atoms with Gasteiger partial charge in [0.25, 0.3) is 0 Å². The monoisotopic (exact) mass is 415 g/mol. The Labute approximate surface area is 158 Å². The topological polar surface area (TPSA) is 47.6 Å². The van der Waals surface area contributed by atoms with Crippen LogP contribution >= 0.6 is 9.24 Å². The number of alkyl halides is 2. The van der Waals surface area contributed by atoms with Gasteiger partial charge < -0.3 is 14.8 Å². The van der Waals surface area contributed by atoms with E-state index in [9.17, 15) is 26.7 Å². The van der Waals surface area contributed by atoms with E-state index in [4.69, 9.17) is 11.2 Å². The van der Waals surface area contributed by atoms with Gasteiger partial charge in [0.05, 0.1) is 11.3 Å². The van der Waals surface area contributed by atoms with E-state index in [1.165, 1.54) is 6.92 Å². The first-order valence-electron chi connectivity index (χ1n) is 7.64. The van der Waals surface area contributed by atoms with Gasteiger partial charge in [-0.1, -0.05) is 5.92 Å². The molecule has 1 amide bonds. The molecule has 4 nitrogen and oxygen atoms in total. The van der Waals surface area contributed by atoms with E-state index in [2.05, 4.69) is 19.9 Å². The number of carbonyl (C=O) groups excluding carboxylic acids is 1. The van der Waals surface area contributed by atoms with Gasteiger partial charge >= 0.3 is 12.0 Å². The lowest BCUT2D eigenvalue weighted by Crippen LogP contribution is -2.43. The van der Waals surface area contributed by atoms with Gasteiger partial charge in [-0.2, -0.15) is 13.2 Å². The maximum absolute atomic E-state index is 14.8. The van der Waals surface area contributed by atoms with Crippen LogP contribution < -0.4 is 20.1 Å². The molecule has 0 saturated heterocycles. The molecule has 0 spiro atoms. The van der Waals surface area contributed by atoms with Crippen LogP contribution in [0.2, 0.25) is 0 Å². The number of hydrogen-bond acceptors (Lipinski definition) is 3. The third-order valence-corrected chi connectivity index (χ3v) is 4.45. The number of rotatable bonds is 3. The summed E-state index contributed by atoms with van der Waals surface area (Å²) < 4.78 is 79.8. The standard InChI is InChI=1S/C18H11F5NO3P/c1-3-4-26-16-7(2)13(19)12(14(20)15(16)21)8-5-9-10(6-11(8)28)27-18(22,23)17(25)24-9/h1,5-6H,4,28H2,2H3,(H,24,25). The van der Waals surface area contributed by atoms with E-state index in [0.29, 0.717) is 0 Å². The fraction of sp³-hybridized carbons (Fsp3) is 0.167. The van der Waals surface area contributed by atoms with Crippen LogP contribution in [0.15, 0.2) is 12.1 Å². The number of carbonyl (C=O) groups is 1. The Balaban J connectivity index is 2.19. The van der Waals surface area contributed by atoms with Crippen molar-refractivity contribution in [2.45, 2.75) is 13.0 Å². The minimum Gasteiger partial charge on any atom is -0.477 e. The van der Waals surface area contributed by atoms with Crippen molar-refractivity contribution in [1.29, 1.82) is 0 Å². The fourth-order valence-corrected chi connectivity index (χ4v) is 3.03. The number of anilines is 1. The summed E-state index contributed by atoms with van der Waals surface area (Å²) in [5, 5.41) is 1.91. The molecule has 1 N–H and O–H groups in total. The predicted molar refractivity (Wildman–Crippen MR) is 94.4 cm³/mol. The van der Waals surface area contributed by atoms with Gasteiger partial charge in [0.15, 0.2) is 17.3 Å². The smallest absolute Gasteiger partial charge is 0.477 e. The van der Waals surface area contributed by atoms with Gasteiger partial charge in [-0.05, 0) is 29.9 Å². The first-order valence-corrected chi connectivity index (χ1v) is 8.21. The average Bonchev–Trinajstić information content (AvgIpc) is 2.62. The van der Waals surface area contributed by atoms with E-state index in [-0.39, 0.29) is 22.1 Å². The number of fused-ring (bicyclic) bond motifs is 1. The van der Waals surface area contributed by atoms with Crippen LogP contribution in [-0.4, -0.2) is 18.6 Å². The molecule has 1 atom stereocenters. The lowest BCUT2D eigenvalue weighted by molar-refractivity contribution is -0.189. The van der Waals surface area contributed by atoms with Gasteiger partial charge in [0.2, 0.25) is 5.82 Å². The Bertz CT molecular complexity index is 1020. The molecule has 1 heterocycles. The summed E-state index contributed by atoms with van der Waals surface area (Å²) in [7, 11) is 2.09. The van der Waals surface area contributed by atoms with Crippen molar-refractivity contribution in [1.82, 2.24) is 0 Å². The summed E-state index contributed by atoms with van der Waals surface area (Å²) in [4.78, 5) is 11.4. The van der Waals surface area contributed by atoms with Crippen LogP contribution in [0.3, 0.4) is 0 Å². The van der Waals surface area contributed by atoms with E-state index in [1.807, 2.05) is 5.32 Å². The van der Waals surface area contributed by atoms with Crippen molar-refractivity contribution in [3.63, 3.8) is 0 Å². The molecular weight excluding hydrogens is 404 g/mol. The molecule has 1 aliphatic heterocycles. The van der Waals surface area contributed by atoms with Gasteiger partial charge in [-0.25, -0.2) is 8.78 Å². The van der Waals surface area contributed by atoms with Gasteiger partial charge in [0, 0.05) is 5.56 Å². The van der Waals surface area contributed by atoms with E-state index >= 15 is 0 Å². The number of ether oxygens (including phenoxy) is 2. The minimum absolute atomic E-state index is 0.0274. The zero-order valence-electron chi connectivity index (χ0n) is 14.1. The van der Waals surface area contributed by atoms with Gasteiger partial charge in [-0.15, -0.1) is 15.7 Å². The Kier molecular flexibility index (Phi) is 4.94. The van der Waals surface area contributed by atoms with Crippen LogP contribution in [0.1, 0.15) is 5.56 Å². The zero-order chi connectivity index (χ0) is 20.8. The highest BCUT2D eigenvalue weighted by molar-refractivity contribution is 7.28. The summed E-state index contributed by atoms with van der Waals surface area (Å²) in [5.74, 6) is -4.93. The number of halogens is 5. The zero-order valence-corrected chi connectivity index (χ0v) is 15.3. The van der Waals surface area contributed by atoms with Crippen molar-refractivity contribution in [2.75, 3.05) is 11.9 Å². The summed E-state index contributed by atoms with van der Waals surface area (Å²) in [5.41, 5.74) is -1.54. The number of nitrogens with one attached hydrogen (secondary N) is 1. The molecule has 0 aromatic heterocycles. The predicted octanol–water partition coefficient (Wildman–Crippen LogP) is 3.52. The Morgan fingerprint density at radius 3 is 2.57 bits per heavy atom. The molecule has 0 fully saturated rings. The summed E-state index contributed by atoms with van der Waals surface area (Å²) in [6, 6.07) is 2.03.